The van der Waals surface area contributed by atoms with Crippen LogP contribution in [0.4, 0.5) is 0 Å². The zero-order chi connectivity index (χ0) is 19.5. The Kier molecular flexibility index (Phi) is 3.82. The van der Waals surface area contributed by atoms with Crippen molar-refractivity contribution in [1.82, 2.24) is 19.4 Å². The molecular formula is C21H25N5O2. The van der Waals surface area contributed by atoms with Gasteiger partial charge in [0.2, 0.25) is 0 Å². The van der Waals surface area contributed by atoms with Crippen molar-refractivity contribution >= 4 is 11.6 Å². The number of hydrogen-bond acceptors (Lipinski definition) is 5. The Balaban J connectivity index is 1.22. The summed E-state index contributed by atoms with van der Waals surface area (Å²) in [7, 11) is 0. The van der Waals surface area contributed by atoms with Crippen LogP contribution in [-0.4, -0.2) is 49.7 Å². The molecule has 0 bridgehead atoms. The standard InChI is InChI=1S/C21H25N5O2/c1-13(14-4-6-22-7-5-14)26-11-18(23-12-26)20(27)25-9-15-16(10-25)19(15)17-8-21(2,3)28-24-17/h4-7,11-13,15-16,19H,8-10H2,1-3H3/t13-,15-,16+,19?/m0/s1. The van der Waals surface area contributed by atoms with Crippen LogP contribution in [0.25, 0.3) is 0 Å². The lowest BCUT2D eigenvalue weighted by Crippen LogP contribution is -2.33. The van der Waals surface area contributed by atoms with E-state index in [1.165, 1.54) is 5.71 Å². The molecule has 7 nitrogen and oxygen atoms in total. The number of fused-ring (bicyclic) bond motifs is 1. The van der Waals surface area contributed by atoms with E-state index >= 15 is 0 Å². The molecule has 3 aliphatic rings. The fourth-order valence-corrected chi connectivity index (χ4v) is 4.68. The molecule has 7 heteroatoms. The van der Waals surface area contributed by atoms with Gasteiger partial charge in [0.15, 0.2) is 0 Å². The Morgan fingerprint density at radius 3 is 2.61 bits per heavy atom. The third-order valence-electron chi connectivity index (χ3n) is 6.34. The van der Waals surface area contributed by atoms with Crippen LogP contribution in [0.1, 0.15) is 49.3 Å². The molecule has 4 atom stereocenters. The average molecular weight is 379 g/mol. The number of oxime groups is 1. The molecule has 2 fully saturated rings. The molecule has 0 aromatic carbocycles. The molecule has 1 amide bonds. The van der Waals surface area contributed by atoms with E-state index in [9.17, 15) is 4.79 Å². The minimum absolute atomic E-state index is 0.0246. The quantitative estimate of drug-likeness (QED) is 0.819. The second-order valence-electron chi connectivity index (χ2n) is 8.84. The number of pyridine rings is 1. The van der Waals surface area contributed by atoms with Crippen molar-refractivity contribution in [2.24, 2.45) is 22.9 Å². The molecular weight excluding hydrogens is 354 g/mol. The summed E-state index contributed by atoms with van der Waals surface area (Å²) in [4.78, 5) is 28.8. The minimum Gasteiger partial charge on any atom is -0.389 e. The summed E-state index contributed by atoms with van der Waals surface area (Å²) < 4.78 is 1.98. The Labute approximate surface area is 164 Å². The monoisotopic (exact) mass is 379 g/mol. The van der Waals surface area contributed by atoms with Gasteiger partial charge in [0.05, 0.1) is 18.1 Å². The average Bonchev–Trinajstić information content (AvgIpc) is 3.14. The summed E-state index contributed by atoms with van der Waals surface area (Å²) in [5, 5.41) is 4.31. The van der Waals surface area contributed by atoms with Gasteiger partial charge in [-0.25, -0.2) is 4.98 Å². The van der Waals surface area contributed by atoms with Crippen molar-refractivity contribution in [3.8, 4) is 0 Å². The molecule has 2 aromatic heterocycles. The van der Waals surface area contributed by atoms with E-state index < -0.39 is 0 Å². The first-order chi connectivity index (χ1) is 13.4. The molecule has 1 aliphatic carbocycles. The van der Waals surface area contributed by atoms with E-state index in [1.807, 2.05) is 27.8 Å². The molecule has 4 heterocycles. The highest BCUT2D eigenvalue weighted by Crippen LogP contribution is 2.54. The van der Waals surface area contributed by atoms with Gasteiger partial charge in [-0.1, -0.05) is 5.16 Å². The number of carbonyl (C=O) groups is 1. The molecule has 28 heavy (non-hydrogen) atoms. The van der Waals surface area contributed by atoms with Crippen molar-refractivity contribution in [2.75, 3.05) is 13.1 Å². The highest BCUT2D eigenvalue weighted by atomic mass is 16.7. The van der Waals surface area contributed by atoms with Crippen LogP contribution < -0.4 is 0 Å². The number of rotatable bonds is 4. The smallest absolute Gasteiger partial charge is 0.274 e. The molecule has 146 valence electrons. The maximum Gasteiger partial charge on any atom is 0.274 e. The first kappa shape index (κ1) is 17.4. The lowest BCUT2D eigenvalue weighted by Gasteiger charge is -2.19. The van der Waals surface area contributed by atoms with E-state index in [2.05, 4.69) is 35.9 Å². The molecule has 1 unspecified atom stereocenters. The minimum atomic E-state index is -0.180. The summed E-state index contributed by atoms with van der Waals surface area (Å²) in [6.45, 7) is 7.81. The molecule has 0 N–H and O–H groups in total. The number of piperidine rings is 1. The van der Waals surface area contributed by atoms with Gasteiger partial charge < -0.3 is 14.3 Å². The van der Waals surface area contributed by atoms with E-state index in [-0.39, 0.29) is 17.6 Å². The number of amides is 1. The zero-order valence-corrected chi connectivity index (χ0v) is 16.4. The van der Waals surface area contributed by atoms with Gasteiger partial charge in [0, 0.05) is 44.0 Å². The lowest BCUT2D eigenvalue weighted by atomic mass is 9.98. The summed E-state index contributed by atoms with van der Waals surface area (Å²) in [6, 6.07) is 4.07. The molecule has 0 spiro atoms. The van der Waals surface area contributed by atoms with Crippen LogP contribution in [0.2, 0.25) is 0 Å². The predicted octanol–water partition coefficient (Wildman–Crippen LogP) is 2.76. The predicted molar refractivity (Wildman–Crippen MR) is 104 cm³/mol. The Morgan fingerprint density at radius 1 is 1.25 bits per heavy atom. The summed E-state index contributed by atoms with van der Waals surface area (Å²) in [5.74, 6) is 1.57. The molecule has 2 aromatic rings. The van der Waals surface area contributed by atoms with Crippen LogP contribution in [-0.2, 0) is 4.84 Å². The van der Waals surface area contributed by atoms with Crippen LogP contribution in [0.5, 0.6) is 0 Å². The highest BCUT2D eigenvalue weighted by Gasteiger charge is 2.60. The topological polar surface area (TPSA) is 72.6 Å². The molecule has 1 saturated heterocycles. The van der Waals surface area contributed by atoms with E-state index in [4.69, 9.17) is 4.84 Å². The lowest BCUT2D eigenvalue weighted by molar-refractivity contribution is 0.0123. The van der Waals surface area contributed by atoms with Crippen LogP contribution >= 0.6 is 0 Å². The van der Waals surface area contributed by atoms with E-state index in [0.717, 1.165) is 25.1 Å². The van der Waals surface area contributed by atoms with Crippen LogP contribution in [0.3, 0.4) is 0 Å². The maximum absolute atomic E-state index is 12.9. The Hall–Kier alpha value is -2.70. The largest absolute Gasteiger partial charge is 0.389 e. The molecule has 2 aliphatic heterocycles. The molecule has 1 saturated carbocycles. The van der Waals surface area contributed by atoms with Crippen LogP contribution in [0, 0.1) is 17.8 Å². The van der Waals surface area contributed by atoms with E-state index in [0.29, 0.717) is 23.4 Å². The maximum atomic E-state index is 12.9. The molecule has 0 radical (unpaired) electrons. The van der Waals surface area contributed by atoms with Crippen molar-refractivity contribution in [3.05, 3.63) is 48.3 Å². The number of aromatic nitrogens is 3. The third-order valence-corrected chi connectivity index (χ3v) is 6.34. The summed E-state index contributed by atoms with van der Waals surface area (Å²) >= 11 is 0. The van der Waals surface area contributed by atoms with Gasteiger partial charge in [-0.3, -0.25) is 9.78 Å². The van der Waals surface area contributed by atoms with Crippen molar-refractivity contribution < 1.29 is 9.63 Å². The number of imidazole rings is 1. The van der Waals surface area contributed by atoms with Gasteiger partial charge in [-0.05, 0) is 50.3 Å². The fourth-order valence-electron chi connectivity index (χ4n) is 4.68. The van der Waals surface area contributed by atoms with Gasteiger partial charge in [0.1, 0.15) is 11.3 Å². The normalized spacial score (nSPS) is 28.5. The van der Waals surface area contributed by atoms with E-state index in [1.54, 1.807) is 18.7 Å². The highest BCUT2D eigenvalue weighted by molar-refractivity contribution is 5.94. The van der Waals surface area contributed by atoms with Gasteiger partial charge in [0.25, 0.3) is 5.91 Å². The second-order valence-corrected chi connectivity index (χ2v) is 8.84. The second kappa shape index (κ2) is 6.15. The number of nitrogens with zero attached hydrogens (tertiary/aromatic N) is 5. The number of hydrogen-bond donors (Lipinski definition) is 0. The Bertz CT molecular complexity index is 923. The fraction of sp³-hybridized carbons (Fsp3) is 0.524. The summed E-state index contributed by atoms with van der Waals surface area (Å²) in [5.41, 5.74) is 2.66. The van der Waals surface area contributed by atoms with Crippen LogP contribution in [0.15, 0.2) is 42.2 Å². The zero-order valence-electron chi connectivity index (χ0n) is 16.4. The van der Waals surface area contributed by atoms with Crippen molar-refractivity contribution in [2.45, 2.75) is 38.8 Å². The first-order valence-electron chi connectivity index (χ1n) is 9.90. The van der Waals surface area contributed by atoms with Crippen molar-refractivity contribution in [1.29, 1.82) is 0 Å². The number of carbonyl (C=O) groups excluding carboxylic acids is 1. The first-order valence-corrected chi connectivity index (χ1v) is 9.90. The van der Waals surface area contributed by atoms with Gasteiger partial charge >= 0.3 is 0 Å². The van der Waals surface area contributed by atoms with Gasteiger partial charge in [-0.15, -0.1) is 0 Å². The Morgan fingerprint density at radius 2 is 1.96 bits per heavy atom. The number of likely N-dealkylation sites (tertiary alicyclic amines) is 1. The van der Waals surface area contributed by atoms with Gasteiger partial charge in [-0.2, -0.15) is 0 Å². The van der Waals surface area contributed by atoms with Crippen molar-refractivity contribution in [3.63, 3.8) is 0 Å². The summed E-state index contributed by atoms with van der Waals surface area (Å²) in [6.07, 6.45) is 8.05. The third kappa shape index (κ3) is 2.89. The molecule has 5 rings (SSSR count). The SMILES string of the molecule is C[C@@H](c1ccncc1)n1cnc(C(=O)N2C[C@@H]3C(C4=NOC(C)(C)C4)[C@@H]3C2)c1.